The molecule has 2 heterocycles. The van der Waals surface area contributed by atoms with Crippen LogP contribution in [0.5, 0.6) is 0 Å². The molecule has 1 aromatic carbocycles. The Morgan fingerprint density at radius 2 is 1.92 bits per heavy atom. The summed E-state index contributed by atoms with van der Waals surface area (Å²) < 4.78 is 0. The number of fused-ring (bicyclic) bond motifs is 1. The third kappa shape index (κ3) is 4.68. The molecule has 1 saturated heterocycles. The fourth-order valence-corrected chi connectivity index (χ4v) is 3.74. The Kier molecular flexibility index (Phi) is 7.29. The number of benzene rings is 1. The zero-order valence-electron chi connectivity index (χ0n) is 15.5. The van der Waals surface area contributed by atoms with E-state index in [1.165, 1.54) is 11.1 Å². The third-order valence-corrected chi connectivity index (χ3v) is 5.21. The molecule has 0 aliphatic carbocycles. The number of carbonyl (C=O) groups excluding carboxylic acids is 2. The van der Waals surface area contributed by atoms with E-state index in [1.807, 2.05) is 4.90 Å². The van der Waals surface area contributed by atoms with E-state index in [2.05, 4.69) is 34.9 Å². The zero-order valence-corrected chi connectivity index (χ0v) is 16.3. The summed E-state index contributed by atoms with van der Waals surface area (Å²) in [7, 11) is 3.52. The van der Waals surface area contributed by atoms with E-state index >= 15 is 0 Å². The van der Waals surface area contributed by atoms with Crippen molar-refractivity contribution >= 4 is 24.3 Å². The Bertz CT molecular complexity index is 630. The van der Waals surface area contributed by atoms with E-state index in [-0.39, 0.29) is 36.3 Å². The second-order valence-electron chi connectivity index (χ2n) is 7.14. The molecule has 0 aromatic heterocycles. The average molecular weight is 381 g/mol. The SMILES string of the molecule is CN(C)C(=O)N1CCC(C(=O)NCC2NCCc3ccccc32)CC1.Cl. The van der Waals surface area contributed by atoms with Gasteiger partial charge >= 0.3 is 6.03 Å². The van der Waals surface area contributed by atoms with Gasteiger partial charge in [0, 0.05) is 45.7 Å². The van der Waals surface area contributed by atoms with Crippen molar-refractivity contribution in [3.8, 4) is 0 Å². The van der Waals surface area contributed by atoms with Gasteiger partial charge in [-0.2, -0.15) is 0 Å². The maximum Gasteiger partial charge on any atom is 0.319 e. The summed E-state index contributed by atoms with van der Waals surface area (Å²) in [5.41, 5.74) is 2.66. The molecule has 0 radical (unpaired) electrons. The molecule has 1 fully saturated rings. The minimum Gasteiger partial charge on any atom is -0.354 e. The monoisotopic (exact) mass is 380 g/mol. The maximum absolute atomic E-state index is 12.5. The first-order valence-corrected chi connectivity index (χ1v) is 9.11. The van der Waals surface area contributed by atoms with Gasteiger partial charge in [0.25, 0.3) is 0 Å². The molecular weight excluding hydrogens is 352 g/mol. The van der Waals surface area contributed by atoms with Crippen LogP contribution < -0.4 is 10.6 Å². The Labute approximate surface area is 161 Å². The number of hydrogen-bond donors (Lipinski definition) is 2. The molecule has 2 aliphatic heterocycles. The van der Waals surface area contributed by atoms with Crippen molar-refractivity contribution in [1.29, 1.82) is 0 Å². The Balaban J connectivity index is 0.00000243. The van der Waals surface area contributed by atoms with E-state index in [0.29, 0.717) is 19.6 Å². The van der Waals surface area contributed by atoms with Crippen LogP contribution in [0.25, 0.3) is 0 Å². The van der Waals surface area contributed by atoms with Crippen LogP contribution in [-0.2, 0) is 11.2 Å². The fraction of sp³-hybridized carbons (Fsp3) is 0.579. The topological polar surface area (TPSA) is 64.7 Å². The maximum atomic E-state index is 12.5. The highest BCUT2D eigenvalue weighted by Gasteiger charge is 2.28. The van der Waals surface area contributed by atoms with Crippen molar-refractivity contribution in [2.45, 2.75) is 25.3 Å². The molecular formula is C19H29ClN4O2. The number of likely N-dealkylation sites (tertiary alicyclic amines) is 1. The molecule has 144 valence electrons. The van der Waals surface area contributed by atoms with Crippen LogP contribution in [-0.4, -0.2) is 62.0 Å². The number of rotatable bonds is 3. The van der Waals surface area contributed by atoms with Crippen molar-refractivity contribution in [2.24, 2.45) is 5.92 Å². The van der Waals surface area contributed by atoms with Gasteiger partial charge in [0.15, 0.2) is 0 Å². The summed E-state index contributed by atoms with van der Waals surface area (Å²) in [6.07, 6.45) is 2.51. The van der Waals surface area contributed by atoms with Crippen LogP contribution in [0.3, 0.4) is 0 Å². The molecule has 6 nitrogen and oxygen atoms in total. The number of urea groups is 1. The van der Waals surface area contributed by atoms with Crippen LogP contribution in [0.4, 0.5) is 4.79 Å². The number of nitrogens with one attached hydrogen (secondary N) is 2. The highest BCUT2D eigenvalue weighted by Crippen LogP contribution is 2.23. The standard InChI is InChI=1S/C19H28N4O2.ClH/c1-22(2)19(25)23-11-8-15(9-12-23)18(24)21-13-17-16-6-4-3-5-14(16)7-10-20-17;/h3-6,15,17,20H,7-13H2,1-2H3,(H,21,24);1H. The Morgan fingerprint density at radius 3 is 2.62 bits per heavy atom. The van der Waals surface area contributed by atoms with Crippen molar-refractivity contribution in [3.63, 3.8) is 0 Å². The van der Waals surface area contributed by atoms with Crippen molar-refractivity contribution in [2.75, 3.05) is 40.3 Å². The predicted molar refractivity (Wildman–Crippen MR) is 105 cm³/mol. The van der Waals surface area contributed by atoms with Crippen LogP contribution in [0.15, 0.2) is 24.3 Å². The highest BCUT2D eigenvalue weighted by atomic mass is 35.5. The molecule has 0 bridgehead atoms. The van der Waals surface area contributed by atoms with E-state index in [4.69, 9.17) is 0 Å². The first-order chi connectivity index (χ1) is 12.1. The Morgan fingerprint density at radius 1 is 1.23 bits per heavy atom. The quantitative estimate of drug-likeness (QED) is 0.840. The smallest absolute Gasteiger partial charge is 0.319 e. The van der Waals surface area contributed by atoms with Crippen LogP contribution in [0.1, 0.15) is 30.0 Å². The number of nitrogens with zero attached hydrogens (tertiary/aromatic N) is 2. The summed E-state index contributed by atoms with van der Waals surface area (Å²) >= 11 is 0. The van der Waals surface area contributed by atoms with Gasteiger partial charge in [-0.05, 0) is 36.9 Å². The van der Waals surface area contributed by atoms with E-state index in [9.17, 15) is 9.59 Å². The normalized spacial score (nSPS) is 19.9. The number of halogens is 1. The number of hydrogen-bond acceptors (Lipinski definition) is 3. The van der Waals surface area contributed by atoms with Gasteiger partial charge in [0.2, 0.25) is 5.91 Å². The van der Waals surface area contributed by atoms with Crippen LogP contribution in [0.2, 0.25) is 0 Å². The lowest BCUT2D eigenvalue weighted by Gasteiger charge is -2.33. The van der Waals surface area contributed by atoms with Crippen LogP contribution >= 0.6 is 12.4 Å². The van der Waals surface area contributed by atoms with Gasteiger partial charge in [0.1, 0.15) is 0 Å². The lowest BCUT2D eigenvalue weighted by Crippen LogP contribution is -2.47. The first-order valence-electron chi connectivity index (χ1n) is 9.11. The van der Waals surface area contributed by atoms with Gasteiger partial charge in [-0.25, -0.2) is 4.79 Å². The molecule has 0 saturated carbocycles. The van der Waals surface area contributed by atoms with Crippen molar-refractivity contribution < 1.29 is 9.59 Å². The highest BCUT2D eigenvalue weighted by molar-refractivity contribution is 5.85. The van der Waals surface area contributed by atoms with E-state index in [0.717, 1.165) is 25.8 Å². The lowest BCUT2D eigenvalue weighted by molar-refractivity contribution is -0.126. The molecule has 26 heavy (non-hydrogen) atoms. The number of carbonyl (C=O) groups is 2. The second-order valence-corrected chi connectivity index (χ2v) is 7.14. The lowest BCUT2D eigenvalue weighted by atomic mass is 9.93. The van der Waals surface area contributed by atoms with Gasteiger partial charge in [-0.1, -0.05) is 24.3 Å². The zero-order chi connectivity index (χ0) is 17.8. The van der Waals surface area contributed by atoms with Gasteiger partial charge in [0.05, 0.1) is 0 Å². The molecule has 2 aliphatic rings. The van der Waals surface area contributed by atoms with Crippen molar-refractivity contribution in [1.82, 2.24) is 20.4 Å². The summed E-state index contributed by atoms with van der Waals surface area (Å²) in [5.74, 6) is 0.117. The summed E-state index contributed by atoms with van der Waals surface area (Å²) in [6, 6.07) is 8.65. The summed E-state index contributed by atoms with van der Waals surface area (Å²) in [4.78, 5) is 27.9. The van der Waals surface area contributed by atoms with E-state index < -0.39 is 0 Å². The van der Waals surface area contributed by atoms with Crippen LogP contribution in [0, 0.1) is 5.92 Å². The van der Waals surface area contributed by atoms with Gasteiger partial charge in [-0.15, -0.1) is 12.4 Å². The summed E-state index contributed by atoms with van der Waals surface area (Å²) in [6.45, 7) is 2.87. The largest absolute Gasteiger partial charge is 0.354 e. The summed E-state index contributed by atoms with van der Waals surface area (Å²) in [5, 5.41) is 6.61. The molecule has 1 atom stereocenters. The van der Waals surface area contributed by atoms with Crippen molar-refractivity contribution in [3.05, 3.63) is 35.4 Å². The molecule has 2 N–H and O–H groups in total. The number of piperidine rings is 1. The average Bonchev–Trinajstić information content (AvgIpc) is 2.65. The fourth-order valence-electron chi connectivity index (χ4n) is 3.74. The third-order valence-electron chi connectivity index (χ3n) is 5.21. The molecule has 1 unspecified atom stereocenters. The molecule has 0 spiro atoms. The van der Waals surface area contributed by atoms with Gasteiger partial charge < -0.3 is 20.4 Å². The Hall–Kier alpha value is -1.79. The predicted octanol–water partition coefficient (Wildman–Crippen LogP) is 1.81. The van der Waals surface area contributed by atoms with Gasteiger partial charge in [-0.3, -0.25) is 4.79 Å². The minimum absolute atomic E-state index is 0. The second kappa shape index (κ2) is 9.24. The number of amides is 3. The molecule has 1 aromatic rings. The molecule has 3 amide bonds. The first kappa shape index (κ1) is 20.5. The molecule has 7 heteroatoms. The minimum atomic E-state index is 0. The molecule has 3 rings (SSSR count). The van der Waals surface area contributed by atoms with E-state index in [1.54, 1.807) is 19.0 Å².